The van der Waals surface area contributed by atoms with E-state index in [-0.39, 0.29) is 5.91 Å². The van der Waals surface area contributed by atoms with Crippen LogP contribution < -0.4 is 11.1 Å². The van der Waals surface area contributed by atoms with Crippen molar-refractivity contribution < 1.29 is 4.79 Å². The van der Waals surface area contributed by atoms with Crippen LogP contribution in [0.5, 0.6) is 0 Å². The van der Waals surface area contributed by atoms with Crippen LogP contribution in [-0.4, -0.2) is 18.5 Å². The highest BCUT2D eigenvalue weighted by molar-refractivity contribution is 5.94. The van der Waals surface area contributed by atoms with Gasteiger partial charge >= 0.3 is 0 Å². The number of primary amides is 1. The van der Waals surface area contributed by atoms with Crippen molar-refractivity contribution in [2.45, 2.75) is 38.6 Å². The molecular formula is C14H20N2O. The Kier molecular flexibility index (Phi) is 3.79. The Hall–Kier alpha value is -1.35. The summed E-state index contributed by atoms with van der Waals surface area (Å²) in [5.74, 6) is -0.304. The third-order valence-electron chi connectivity index (χ3n) is 3.43. The molecule has 3 nitrogen and oxygen atoms in total. The van der Waals surface area contributed by atoms with E-state index in [1.165, 1.54) is 5.56 Å². The fourth-order valence-corrected chi connectivity index (χ4v) is 2.56. The number of nitrogens with one attached hydrogen (secondary N) is 1. The van der Waals surface area contributed by atoms with Crippen LogP contribution in [0.4, 0.5) is 0 Å². The summed E-state index contributed by atoms with van der Waals surface area (Å²) in [7, 11) is 0. The second kappa shape index (κ2) is 5.32. The third-order valence-corrected chi connectivity index (χ3v) is 3.43. The predicted octanol–water partition coefficient (Wildman–Crippen LogP) is 1.64. The zero-order valence-corrected chi connectivity index (χ0v) is 10.3. The lowest BCUT2D eigenvalue weighted by Gasteiger charge is -2.26. The van der Waals surface area contributed by atoms with E-state index in [1.807, 2.05) is 12.1 Å². The molecule has 3 heteroatoms. The molecule has 1 atom stereocenters. The van der Waals surface area contributed by atoms with Crippen molar-refractivity contribution >= 4 is 5.91 Å². The van der Waals surface area contributed by atoms with Crippen molar-refractivity contribution in [1.82, 2.24) is 5.32 Å². The lowest BCUT2D eigenvalue weighted by Crippen LogP contribution is -2.35. The van der Waals surface area contributed by atoms with E-state index in [2.05, 4.69) is 18.3 Å². The molecule has 0 bridgehead atoms. The minimum absolute atomic E-state index is 0.304. The molecule has 1 aliphatic carbocycles. The fourth-order valence-electron chi connectivity index (χ4n) is 2.56. The summed E-state index contributed by atoms with van der Waals surface area (Å²) in [4.78, 5) is 11.3. The first-order valence-corrected chi connectivity index (χ1v) is 6.36. The highest BCUT2D eigenvalue weighted by Gasteiger charge is 2.21. The molecule has 0 saturated carbocycles. The highest BCUT2D eigenvalue weighted by Crippen LogP contribution is 2.24. The van der Waals surface area contributed by atoms with E-state index in [0.29, 0.717) is 11.6 Å². The minimum atomic E-state index is -0.304. The van der Waals surface area contributed by atoms with Gasteiger partial charge in [0.25, 0.3) is 0 Å². The molecule has 0 fully saturated rings. The van der Waals surface area contributed by atoms with Crippen molar-refractivity contribution in [3.8, 4) is 0 Å². The number of benzene rings is 1. The standard InChI is InChI=1S/C14H20N2O/c1-2-8-16-11-6-7-12-10(9-11)4-3-5-13(12)14(15)17/h3-5,11,16H,2,6-9H2,1H3,(H2,15,17)/t11-/m1/s1. The van der Waals surface area contributed by atoms with Crippen molar-refractivity contribution in [1.29, 1.82) is 0 Å². The smallest absolute Gasteiger partial charge is 0.248 e. The quantitative estimate of drug-likeness (QED) is 0.829. The molecule has 1 aliphatic rings. The van der Waals surface area contributed by atoms with Crippen LogP contribution >= 0.6 is 0 Å². The second-order valence-corrected chi connectivity index (χ2v) is 4.70. The van der Waals surface area contributed by atoms with Crippen molar-refractivity contribution in [2.24, 2.45) is 5.73 Å². The Morgan fingerprint density at radius 2 is 2.35 bits per heavy atom. The first kappa shape index (κ1) is 12.1. The van der Waals surface area contributed by atoms with E-state index in [1.54, 1.807) is 0 Å². The van der Waals surface area contributed by atoms with Crippen LogP contribution in [0.15, 0.2) is 18.2 Å². The van der Waals surface area contributed by atoms with Crippen molar-refractivity contribution in [3.05, 3.63) is 34.9 Å². The molecule has 1 aromatic rings. The van der Waals surface area contributed by atoms with Gasteiger partial charge < -0.3 is 11.1 Å². The number of hydrogen-bond donors (Lipinski definition) is 2. The van der Waals surface area contributed by atoms with Crippen molar-refractivity contribution in [3.63, 3.8) is 0 Å². The number of carbonyl (C=O) groups excluding carboxylic acids is 1. The second-order valence-electron chi connectivity index (χ2n) is 4.70. The number of hydrogen-bond acceptors (Lipinski definition) is 2. The molecule has 3 N–H and O–H groups in total. The normalized spacial score (nSPS) is 18.8. The van der Waals surface area contributed by atoms with Gasteiger partial charge in [0.2, 0.25) is 5.91 Å². The van der Waals surface area contributed by atoms with E-state index < -0.39 is 0 Å². The van der Waals surface area contributed by atoms with Gasteiger partial charge in [-0.05, 0) is 49.4 Å². The maximum atomic E-state index is 11.3. The molecule has 1 aromatic carbocycles. The number of carbonyl (C=O) groups is 1. The molecule has 0 aliphatic heterocycles. The Labute approximate surface area is 102 Å². The van der Waals surface area contributed by atoms with Gasteiger partial charge in [-0.15, -0.1) is 0 Å². The van der Waals surface area contributed by atoms with Crippen LogP contribution in [-0.2, 0) is 12.8 Å². The first-order chi connectivity index (χ1) is 8.22. The van der Waals surface area contributed by atoms with Gasteiger partial charge in [0, 0.05) is 11.6 Å². The van der Waals surface area contributed by atoms with E-state index in [0.717, 1.165) is 37.8 Å². The molecule has 1 amide bonds. The third kappa shape index (κ3) is 2.67. The number of amides is 1. The topological polar surface area (TPSA) is 55.1 Å². The summed E-state index contributed by atoms with van der Waals surface area (Å²) in [6.07, 6.45) is 4.22. The summed E-state index contributed by atoms with van der Waals surface area (Å²) in [6, 6.07) is 6.43. The van der Waals surface area contributed by atoms with Gasteiger partial charge in [-0.3, -0.25) is 4.79 Å². The number of rotatable bonds is 4. The van der Waals surface area contributed by atoms with Crippen LogP contribution in [0.25, 0.3) is 0 Å². The van der Waals surface area contributed by atoms with Gasteiger partial charge in [0.1, 0.15) is 0 Å². The lowest BCUT2D eigenvalue weighted by atomic mass is 9.85. The van der Waals surface area contributed by atoms with Gasteiger partial charge in [0.05, 0.1) is 0 Å². The van der Waals surface area contributed by atoms with E-state index in [9.17, 15) is 4.79 Å². The van der Waals surface area contributed by atoms with E-state index >= 15 is 0 Å². The monoisotopic (exact) mass is 232 g/mol. The zero-order valence-electron chi connectivity index (χ0n) is 10.3. The minimum Gasteiger partial charge on any atom is -0.366 e. The molecule has 17 heavy (non-hydrogen) atoms. The summed E-state index contributed by atoms with van der Waals surface area (Å²) < 4.78 is 0. The number of nitrogens with two attached hydrogens (primary N) is 1. The van der Waals surface area contributed by atoms with Gasteiger partial charge in [-0.1, -0.05) is 19.1 Å². The summed E-state index contributed by atoms with van der Waals surface area (Å²) >= 11 is 0. The molecule has 0 saturated heterocycles. The predicted molar refractivity (Wildman–Crippen MR) is 69.1 cm³/mol. The van der Waals surface area contributed by atoms with Crippen LogP contribution in [0.2, 0.25) is 0 Å². The molecule has 0 heterocycles. The summed E-state index contributed by atoms with van der Waals surface area (Å²) in [5, 5.41) is 3.54. The fraction of sp³-hybridized carbons (Fsp3) is 0.500. The summed E-state index contributed by atoms with van der Waals surface area (Å²) in [5.41, 5.74) is 8.54. The van der Waals surface area contributed by atoms with Gasteiger partial charge in [-0.2, -0.15) is 0 Å². The molecule has 0 unspecified atom stereocenters. The average Bonchev–Trinajstić information content (AvgIpc) is 2.35. The Morgan fingerprint density at radius 1 is 1.53 bits per heavy atom. The number of fused-ring (bicyclic) bond motifs is 1. The largest absolute Gasteiger partial charge is 0.366 e. The molecule has 0 radical (unpaired) electrons. The van der Waals surface area contributed by atoms with Crippen LogP contribution in [0, 0.1) is 0 Å². The molecule has 0 spiro atoms. The van der Waals surface area contributed by atoms with Gasteiger partial charge in [-0.25, -0.2) is 0 Å². The highest BCUT2D eigenvalue weighted by atomic mass is 16.1. The van der Waals surface area contributed by atoms with Crippen LogP contribution in [0.3, 0.4) is 0 Å². The Morgan fingerprint density at radius 3 is 3.06 bits per heavy atom. The molecular weight excluding hydrogens is 212 g/mol. The first-order valence-electron chi connectivity index (χ1n) is 6.36. The SMILES string of the molecule is CCCN[C@@H]1CCc2c(cccc2C(N)=O)C1. The maximum absolute atomic E-state index is 11.3. The maximum Gasteiger partial charge on any atom is 0.248 e. The molecule has 2 rings (SSSR count). The lowest BCUT2D eigenvalue weighted by molar-refractivity contribution is 0.0999. The zero-order chi connectivity index (χ0) is 12.3. The summed E-state index contributed by atoms with van der Waals surface area (Å²) in [6.45, 7) is 3.24. The average molecular weight is 232 g/mol. The van der Waals surface area contributed by atoms with Crippen molar-refractivity contribution in [2.75, 3.05) is 6.54 Å². The Bertz CT molecular complexity index is 415. The molecule has 0 aromatic heterocycles. The van der Waals surface area contributed by atoms with Gasteiger partial charge in [0.15, 0.2) is 0 Å². The van der Waals surface area contributed by atoms with Crippen LogP contribution in [0.1, 0.15) is 41.3 Å². The van der Waals surface area contributed by atoms with E-state index in [4.69, 9.17) is 5.73 Å². The molecule has 92 valence electrons. The Balaban J connectivity index is 2.16.